The van der Waals surface area contributed by atoms with Crippen LogP contribution in [0.2, 0.25) is 0 Å². The van der Waals surface area contributed by atoms with Gasteiger partial charge in [-0.15, -0.1) is 0 Å². The molecule has 1 aromatic rings. The molecule has 0 aromatic heterocycles. The minimum absolute atomic E-state index is 0.122. The van der Waals surface area contributed by atoms with Crippen LogP contribution >= 0.6 is 0 Å². The van der Waals surface area contributed by atoms with Crippen LogP contribution in [0.25, 0.3) is 0 Å². The normalized spacial score (nSPS) is 15.4. The van der Waals surface area contributed by atoms with Crippen molar-refractivity contribution in [3.05, 3.63) is 30.3 Å². The van der Waals surface area contributed by atoms with Gasteiger partial charge in [0.25, 0.3) is 0 Å². The first-order valence-electron chi connectivity index (χ1n) is 7.60. The predicted molar refractivity (Wildman–Crippen MR) is 81.9 cm³/mol. The van der Waals surface area contributed by atoms with Crippen molar-refractivity contribution in [1.82, 2.24) is 10.2 Å². The van der Waals surface area contributed by atoms with E-state index in [1.807, 2.05) is 30.3 Å². The number of hydrogen-bond acceptors (Lipinski definition) is 3. The van der Waals surface area contributed by atoms with E-state index in [-0.39, 0.29) is 11.9 Å². The predicted octanol–water partition coefficient (Wildman–Crippen LogP) is 1.96. The molecule has 1 saturated heterocycles. The number of amides is 2. The summed E-state index contributed by atoms with van der Waals surface area (Å²) in [6.07, 6.45) is 1.78. The van der Waals surface area contributed by atoms with Crippen molar-refractivity contribution in [3.8, 4) is 5.75 Å². The fourth-order valence-electron chi connectivity index (χ4n) is 2.42. The van der Waals surface area contributed by atoms with Crippen LogP contribution in [-0.4, -0.2) is 48.2 Å². The number of piperidine rings is 1. The monoisotopic (exact) mass is 306 g/mol. The number of carbonyl (C=O) groups is 2. The van der Waals surface area contributed by atoms with Gasteiger partial charge < -0.3 is 20.1 Å². The van der Waals surface area contributed by atoms with Crippen LogP contribution < -0.4 is 10.1 Å². The number of nitrogens with zero attached hydrogens (tertiary/aromatic N) is 1. The third-order valence-electron chi connectivity index (χ3n) is 3.74. The van der Waals surface area contributed by atoms with Crippen LogP contribution in [0.4, 0.5) is 4.79 Å². The molecule has 0 atom stereocenters. The molecular formula is C16H22N2O4. The van der Waals surface area contributed by atoms with Crippen molar-refractivity contribution in [2.45, 2.75) is 19.3 Å². The number of benzene rings is 1. The first-order valence-corrected chi connectivity index (χ1v) is 7.60. The van der Waals surface area contributed by atoms with Gasteiger partial charge in [-0.25, -0.2) is 4.79 Å². The third kappa shape index (κ3) is 4.95. The van der Waals surface area contributed by atoms with Crippen LogP contribution in [0.3, 0.4) is 0 Å². The summed E-state index contributed by atoms with van der Waals surface area (Å²) in [5.74, 6) is -0.258. The molecule has 1 aliphatic heterocycles. The molecule has 1 fully saturated rings. The van der Waals surface area contributed by atoms with Crippen LogP contribution in [0.5, 0.6) is 5.75 Å². The minimum atomic E-state index is -0.766. The largest absolute Gasteiger partial charge is 0.494 e. The summed E-state index contributed by atoms with van der Waals surface area (Å²) in [7, 11) is 0. The van der Waals surface area contributed by atoms with Gasteiger partial charge in [0.1, 0.15) is 5.75 Å². The second kappa shape index (κ2) is 8.26. The molecule has 0 radical (unpaired) electrons. The lowest BCUT2D eigenvalue weighted by Crippen LogP contribution is -2.45. The van der Waals surface area contributed by atoms with Gasteiger partial charge in [0.05, 0.1) is 12.5 Å². The van der Waals surface area contributed by atoms with Gasteiger partial charge in [-0.2, -0.15) is 0 Å². The minimum Gasteiger partial charge on any atom is -0.494 e. The molecule has 1 aliphatic rings. The van der Waals surface area contributed by atoms with Crippen LogP contribution in [0.1, 0.15) is 19.3 Å². The molecule has 22 heavy (non-hydrogen) atoms. The Kier molecular flexibility index (Phi) is 6.06. The van der Waals surface area contributed by atoms with E-state index >= 15 is 0 Å². The Bertz CT molecular complexity index is 484. The molecular weight excluding hydrogens is 284 g/mol. The van der Waals surface area contributed by atoms with Gasteiger partial charge in [0.2, 0.25) is 0 Å². The highest BCUT2D eigenvalue weighted by Gasteiger charge is 2.26. The van der Waals surface area contributed by atoms with E-state index in [9.17, 15) is 9.59 Å². The Labute approximate surface area is 130 Å². The number of hydrogen-bond donors (Lipinski definition) is 2. The zero-order chi connectivity index (χ0) is 15.8. The van der Waals surface area contributed by atoms with E-state index < -0.39 is 5.97 Å². The lowest BCUT2D eigenvalue weighted by molar-refractivity contribution is -0.143. The highest BCUT2D eigenvalue weighted by Crippen LogP contribution is 2.17. The van der Waals surface area contributed by atoms with Crippen LogP contribution in [0, 0.1) is 5.92 Å². The molecule has 0 aliphatic carbocycles. The smallest absolute Gasteiger partial charge is 0.317 e. The van der Waals surface area contributed by atoms with Crippen molar-refractivity contribution < 1.29 is 19.4 Å². The zero-order valence-electron chi connectivity index (χ0n) is 12.5. The van der Waals surface area contributed by atoms with Gasteiger partial charge in [-0.1, -0.05) is 18.2 Å². The standard InChI is InChI=1S/C16H22N2O4/c19-15(20)13-7-10-18(11-8-13)16(21)17-9-4-12-22-14-5-2-1-3-6-14/h1-3,5-6,13H,4,7-12H2,(H,17,21)(H,19,20). The number of para-hydroxylation sites is 1. The average Bonchev–Trinajstić information content (AvgIpc) is 2.55. The Hall–Kier alpha value is -2.24. The zero-order valence-corrected chi connectivity index (χ0v) is 12.5. The molecule has 0 bridgehead atoms. The van der Waals surface area contributed by atoms with E-state index in [2.05, 4.69) is 5.32 Å². The second-order valence-electron chi connectivity index (χ2n) is 5.35. The summed E-state index contributed by atoms with van der Waals surface area (Å²) in [6.45, 7) is 2.10. The molecule has 2 N–H and O–H groups in total. The molecule has 120 valence electrons. The Morgan fingerprint density at radius 2 is 1.91 bits per heavy atom. The quantitative estimate of drug-likeness (QED) is 0.788. The summed E-state index contributed by atoms with van der Waals surface area (Å²) >= 11 is 0. The first kappa shape index (κ1) is 16.1. The number of urea groups is 1. The van der Waals surface area contributed by atoms with Crippen molar-refractivity contribution in [3.63, 3.8) is 0 Å². The fraction of sp³-hybridized carbons (Fsp3) is 0.500. The molecule has 2 rings (SSSR count). The van der Waals surface area contributed by atoms with Gasteiger partial charge in [-0.3, -0.25) is 4.79 Å². The fourth-order valence-corrected chi connectivity index (χ4v) is 2.42. The SMILES string of the molecule is O=C(O)C1CCN(C(=O)NCCCOc2ccccc2)CC1. The molecule has 6 nitrogen and oxygen atoms in total. The summed E-state index contributed by atoms with van der Waals surface area (Å²) in [4.78, 5) is 24.5. The highest BCUT2D eigenvalue weighted by atomic mass is 16.5. The lowest BCUT2D eigenvalue weighted by atomic mass is 9.97. The Morgan fingerprint density at radius 1 is 1.23 bits per heavy atom. The molecule has 0 spiro atoms. The number of carboxylic acids is 1. The number of rotatable bonds is 6. The Balaban J connectivity index is 1.57. The number of carbonyl (C=O) groups excluding carboxylic acids is 1. The van der Waals surface area contributed by atoms with Crippen LogP contribution in [0.15, 0.2) is 30.3 Å². The maximum absolute atomic E-state index is 11.9. The van der Waals surface area contributed by atoms with Gasteiger partial charge in [-0.05, 0) is 31.4 Å². The first-order chi connectivity index (χ1) is 10.7. The van der Waals surface area contributed by atoms with E-state index in [1.54, 1.807) is 4.90 Å². The van der Waals surface area contributed by atoms with E-state index in [0.717, 1.165) is 12.2 Å². The summed E-state index contributed by atoms with van der Waals surface area (Å²) in [6, 6.07) is 9.43. The number of nitrogens with one attached hydrogen (secondary N) is 1. The van der Waals surface area contributed by atoms with E-state index in [0.29, 0.717) is 39.1 Å². The number of carboxylic acid groups (broad SMARTS) is 1. The van der Waals surface area contributed by atoms with Crippen molar-refractivity contribution in [2.24, 2.45) is 5.92 Å². The number of ether oxygens (including phenoxy) is 1. The van der Waals surface area contributed by atoms with Crippen molar-refractivity contribution >= 4 is 12.0 Å². The topological polar surface area (TPSA) is 78.9 Å². The number of aliphatic carboxylic acids is 1. The van der Waals surface area contributed by atoms with E-state index in [1.165, 1.54) is 0 Å². The molecule has 0 saturated carbocycles. The van der Waals surface area contributed by atoms with E-state index in [4.69, 9.17) is 9.84 Å². The highest BCUT2D eigenvalue weighted by molar-refractivity contribution is 5.75. The second-order valence-corrected chi connectivity index (χ2v) is 5.35. The molecule has 6 heteroatoms. The summed E-state index contributed by atoms with van der Waals surface area (Å²) in [5, 5.41) is 11.8. The van der Waals surface area contributed by atoms with Crippen molar-refractivity contribution in [2.75, 3.05) is 26.2 Å². The average molecular weight is 306 g/mol. The molecule has 2 amide bonds. The van der Waals surface area contributed by atoms with Crippen LogP contribution in [-0.2, 0) is 4.79 Å². The molecule has 0 unspecified atom stereocenters. The van der Waals surface area contributed by atoms with Gasteiger partial charge in [0, 0.05) is 19.6 Å². The van der Waals surface area contributed by atoms with Crippen molar-refractivity contribution in [1.29, 1.82) is 0 Å². The summed E-state index contributed by atoms with van der Waals surface area (Å²) < 4.78 is 5.54. The maximum atomic E-state index is 11.9. The Morgan fingerprint density at radius 3 is 2.55 bits per heavy atom. The third-order valence-corrected chi connectivity index (χ3v) is 3.74. The number of likely N-dealkylation sites (tertiary alicyclic amines) is 1. The molecule has 1 heterocycles. The van der Waals surface area contributed by atoms with Gasteiger partial charge in [0.15, 0.2) is 0 Å². The maximum Gasteiger partial charge on any atom is 0.317 e. The summed E-state index contributed by atoms with van der Waals surface area (Å²) in [5.41, 5.74) is 0. The van der Waals surface area contributed by atoms with Gasteiger partial charge >= 0.3 is 12.0 Å². The molecule has 1 aromatic carbocycles. The lowest BCUT2D eigenvalue weighted by Gasteiger charge is -2.30.